The molecule has 2 atom stereocenters. The maximum atomic E-state index is 14.8. The molecule has 1 N–H and O–H groups in total. The van der Waals surface area contributed by atoms with Gasteiger partial charge >= 0.3 is 0 Å². The maximum absolute atomic E-state index is 14.8. The van der Waals surface area contributed by atoms with Gasteiger partial charge in [0.25, 0.3) is 0 Å². The van der Waals surface area contributed by atoms with Gasteiger partial charge < -0.3 is 9.84 Å². The Morgan fingerprint density at radius 1 is 1.32 bits per heavy atom. The summed E-state index contributed by atoms with van der Waals surface area (Å²) in [5, 5.41) is 10.2. The summed E-state index contributed by atoms with van der Waals surface area (Å²) in [6, 6.07) is 5.81. The standard InChI is InChI=1S/C20H24FNO2S/c1-11(2)4-13-5-12-9-22-10-16(21)14-7-19(24-3)18(23)6-15(14)17(22)8-20(12)25-13/h5-7,11,16-17,23H,4,8-10H2,1-3H3/t16?,17-/m0/s1. The van der Waals surface area contributed by atoms with Crippen LogP contribution in [-0.4, -0.2) is 23.7 Å². The Hall–Kier alpha value is -1.59. The van der Waals surface area contributed by atoms with Gasteiger partial charge in [0.2, 0.25) is 0 Å². The Kier molecular flexibility index (Phi) is 4.24. The largest absolute Gasteiger partial charge is 0.504 e. The monoisotopic (exact) mass is 361 g/mol. The van der Waals surface area contributed by atoms with Gasteiger partial charge in [-0.15, -0.1) is 11.3 Å². The smallest absolute Gasteiger partial charge is 0.160 e. The zero-order valence-corrected chi connectivity index (χ0v) is 15.7. The van der Waals surface area contributed by atoms with Crippen LogP contribution in [-0.2, 0) is 19.4 Å². The minimum absolute atomic E-state index is 0.0905. The molecule has 0 fully saturated rings. The lowest BCUT2D eigenvalue weighted by molar-refractivity contribution is 0.104. The van der Waals surface area contributed by atoms with Crippen molar-refractivity contribution in [1.29, 1.82) is 0 Å². The van der Waals surface area contributed by atoms with Crippen molar-refractivity contribution < 1.29 is 14.2 Å². The van der Waals surface area contributed by atoms with Gasteiger partial charge in [0.05, 0.1) is 7.11 Å². The summed E-state index contributed by atoms with van der Waals surface area (Å²) in [5.74, 6) is 1.08. The maximum Gasteiger partial charge on any atom is 0.160 e. The van der Waals surface area contributed by atoms with Crippen LogP contribution >= 0.6 is 11.3 Å². The summed E-state index contributed by atoms with van der Waals surface area (Å²) >= 11 is 1.90. The Morgan fingerprint density at radius 2 is 2.12 bits per heavy atom. The van der Waals surface area contributed by atoms with E-state index in [2.05, 4.69) is 24.8 Å². The average molecular weight is 361 g/mol. The van der Waals surface area contributed by atoms with Crippen molar-refractivity contribution in [3.63, 3.8) is 0 Å². The normalized spacial score (nSPS) is 22.4. The van der Waals surface area contributed by atoms with E-state index in [-0.39, 0.29) is 11.8 Å². The summed E-state index contributed by atoms with van der Waals surface area (Å²) < 4.78 is 19.9. The SMILES string of the molecule is COc1cc2c(cc1O)[C@@H]1Cc3sc(CC(C)C)cc3CN1CC2F. The zero-order chi connectivity index (χ0) is 17.7. The van der Waals surface area contributed by atoms with Crippen molar-refractivity contribution in [3.8, 4) is 11.5 Å². The van der Waals surface area contributed by atoms with E-state index in [9.17, 15) is 9.50 Å². The van der Waals surface area contributed by atoms with Gasteiger partial charge in [-0.2, -0.15) is 0 Å². The molecular weight excluding hydrogens is 337 g/mol. The fourth-order valence-corrected chi connectivity index (χ4v) is 5.53. The number of ether oxygens (including phenoxy) is 1. The molecule has 0 saturated heterocycles. The van der Waals surface area contributed by atoms with Crippen LogP contribution in [0.4, 0.5) is 4.39 Å². The van der Waals surface area contributed by atoms with Crippen molar-refractivity contribution in [2.75, 3.05) is 13.7 Å². The second-order valence-corrected chi connectivity index (χ2v) is 8.75. The highest BCUT2D eigenvalue weighted by molar-refractivity contribution is 7.12. The van der Waals surface area contributed by atoms with Crippen LogP contribution in [0, 0.1) is 5.92 Å². The van der Waals surface area contributed by atoms with Crippen LogP contribution in [0.1, 0.15) is 52.5 Å². The minimum atomic E-state index is -1.05. The van der Waals surface area contributed by atoms with Gasteiger partial charge in [-0.1, -0.05) is 13.8 Å². The van der Waals surface area contributed by atoms with E-state index in [0.717, 1.165) is 24.9 Å². The number of hydrogen-bond acceptors (Lipinski definition) is 4. The first-order chi connectivity index (χ1) is 12.0. The molecule has 2 aliphatic rings. The van der Waals surface area contributed by atoms with Gasteiger partial charge in [-0.25, -0.2) is 4.39 Å². The second-order valence-electron chi connectivity index (χ2n) is 7.53. The number of fused-ring (bicyclic) bond motifs is 4. The minimum Gasteiger partial charge on any atom is -0.504 e. The first-order valence-corrected chi connectivity index (χ1v) is 9.67. The van der Waals surface area contributed by atoms with E-state index < -0.39 is 6.17 Å². The van der Waals surface area contributed by atoms with E-state index in [1.807, 2.05) is 11.3 Å². The number of benzene rings is 1. The Bertz CT molecular complexity index is 801. The summed E-state index contributed by atoms with van der Waals surface area (Å²) in [6.07, 6.45) is 0.947. The van der Waals surface area contributed by atoms with Gasteiger partial charge in [-0.05, 0) is 47.2 Å². The molecule has 0 amide bonds. The van der Waals surface area contributed by atoms with Crippen LogP contribution < -0.4 is 4.74 Å². The van der Waals surface area contributed by atoms with E-state index in [4.69, 9.17) is 4.74 Å². The number of methoxy groups -OCH3 is 1. The van der Waals surface area contributed by atoms with Crippen molar-refractivity contribution in [1.82, 2.24) is 4.90 Å². The van der Waals surface area contributed by atoms with Crippen LogP contribution in [0.3, 0.4) is 0 Å². The number of halogens is 1. The van der Waals surface area contributed by atoms with Crippen molar-refractivity contribution in [2.24, 2.45) is 5.92 Å². The van der Waals surface area contributed by atoms with Gasteiger partial charge in [0.15, 0.2) is 11.5 Å². The fourth-order valence-electron chi connectivity index (χ4n) is 4.10. The number of rotatable bonds is 3. The quantitative estimate of drug-likeness (QED) is 0.854. The van der Waals surface area contributed by atoms with E-state index in [0.29, 0.717) is 23.8 Å². The zero-order valence-electron chi connectivity index (χ0n) is 14.9. The third-order valence-electron chi connectivity index (χ3n) is 5.23. The highest BCUT2D eigenvalue weighted by Gasteiger charge is 2.38. The number of phenolic OH excluding ortho intramolecular Hbond substituents is 1. The molecule has 0 spiro atoms. The molecular formula is C20H24FNO2S. The number of phenols is 1. The lowest BCUT2D eigenvalue weighted by Crippen LogP contribution is -2.39. The lowest BCUT2D eigenvalue weighted by Gasteiger charge is -2.41. The molecule has 1 unspecified atom stereocenters. The number of thiophene rings is 1. The van der Waals surface area contributed by atoms with Crippen LogP contribution in [0.25, 0.3) is 0 Å². The first kappa shape index (κ1) is 16.9. The van der Waals surface area contributed by atoms with E-state index in [1.165, 1.54) is 22.4 Å². The highest BCUT2D eigenvalue weighted by Crippen LogP contribution is 2.47. The first-order valence-electron chi connectivity index (χ1n) is 8.85. The predicted molar refractivity (Wildman–Crippen MR) is 98.2 cm³/mol. The van der Waals surface area contributed by atoms with Crippen molar-refractivity contribution in [2.45, 2.75) is 45.4 Å². The molecule has 2 aromatic rings. The number of alkyl halides is 1. The third-order valence-corrected chi connectivity index (χ3v) is 6.45. The molecule has 2 aliphatic heterocycles. The summed E-state index contributed by atoms with van der Waals surface area (Å²) in [5.41, 5.74) is 2.92. The molecule has 0 aliphatic carbocycles. The summed E-state index contributed by atoms with van der Waals surface area (Å²) in [7, 11) is 1.50. The van der Waals surface area contributed by atoms with Gasteiger partial charge in [0.1, 0.15) is 6.17 Å². The lowest BCUT2D eigenvalue weighted by atomic mass is 9.86. The number of hydrogen-bond donors (Lipinski definition) is 1. The van der Waals surface area contributed by atoms with Crippen LogP contribution in [0.2, 0.25) is 0 Å². The Morgan fingerprint density at radius 3 is 2.84 bits per heavy atom. The third kappa shape index (κ3) is 2.93. The average Bonchev–Trinajstić information content (AvgIpc) is 2.93. The molecule has 25 heavy (non-hydrogen) atoms. The molecule has 1 aromatic carbocycles. The summed E-state index contributed by atoms with van der Waals surface area (Å²) in [6.45, 7) is 5.67. The van der Waals surface area contributed by atoms with Crippen molar-refractivity contribution >= 4 is 11.3 Å². The molecule has 0 radical (unpaired) electrons. The van der Waals surface area contributed by atoms with Gasteiger partial charge in [0, 0.05) is 35.3 Å². The van der Waals surface area contributed by atoms with Crippen LogP contribution in [0.15, 0.2) is 18.2 Å². The Labute approximate surface area is 152 Å². The molecule has 0 bridgehead atoms. The Balaban J connectivity index is 1.71. The molecule has 3 nitrogen and oxygen atoms in total. The van der Waals surface area contributed by atoms with E-state index >= 15 is 0 Å². The highest BCUT2D eigenvalue weighted by atomic mass is 32.1. The van der Waals surface area contributed by atoms with Gasteiger partial charge in [-0.3, -0.25) is 4.90 Å². The second kappa shape index (κ2) is 6.29. The molecule has 1 aromatic heterocycles. The van der Waals surface area contributed by atoms with E-state index in [1.54, 1.807) is 12.1 Å². The molecule has 0 saturated carbocycles. The van der Waals surface area contributed by atoms with Crippen LogP contribution in [0.5, 0.6) is 11.5 Å². The predicted octanol–water partition coefficient (Wildman–Crippen LogP) is 4.78. The van der Waals surface area contributed by atoms with Crippen molar-refractivity contribution in [3.05, 3.63) is 44.6 Å². The fraction of sp³-hybridized carbons (Fsp3) is 0.500. The molecule has 3 heterocycles. The summed E-state index contributed by atoms with van der Waals surface area (Å²) in [4.78, 5) is 5.05. The molecule has 134 valence electrons. The molecule has 4 rings (SSSR count). The topological polar surface area (TPSA) is 32.7 Å². The number of aromatic hydroxyl groups is 1. The number of nitrogens with zero attached hydrogens (tertiary/aromatic N) is 1. The molecule has 5 heteroatoms.